The Morgan fingerprint density at radius 2 is 2.12 bits per heavy atom. The first kappa shape index (κ1) is 15.1. The lowest BCUT2D eigenvalue weighted by atomic mass is 10.2. The molecule has 0 radical (unpaired) electrons. The first-order valence-corrected chi connectivity index (χ1v) is 6.48. The maximum atomic E-state index is 11.2. The molecule has 0 fully saturated rings. The Morgan fingerprint density at radius 3 is 2.62 bits per heavy atom. The summed E-state index contributed by atoms with van der Waals surface area (Å²) in [5.74, 6) is 0. The first-order chi connectivity index (χ1) is 7.37. The van der Waals surface area contributed by atoms with Crippen LogP contribution in [-0.4, -0.2) is 38.9 Å². The van der Waals surface area contributed by atoms with Crippen LogP contribution in [0.4, 0.5) is 4.79 Å². The quantitative estimate of drug-likeness (QED) is 0.542. The maximum absolute atomic E-state index is 11.2. The lowest BCUT2D eigenvalue weighted by Crippen LogP contribution is -2.41. The van der Waals surface area contributed by atoms with E-state index in [4.69, 9.17) is 5.11 Å². The molecule has 96 valence electrons. The first-order valence-electron chi connectivity index (χ1n) is 4.99. The molecule has 8 heteroatoms. The summed E-state index contributed by atoms with van der Waals surface area (Å²) in [6.45, 7) is 3.44. The smallest absolute Gasteiger partial charge is 0.421 e. The van der Waals surface area contributed by atoms with Gasteiger partial charge in [0.15, 0.2) is 0 Å². The third-order valence-corrected chi connectivity index (χ3v) is 2.60. The second-order valence-electron chi connectivity index (χ2n) is 3.21. The number of ether oxygens (including phenoxy) is 1. The van der Waals surface area contributed by atoms with Crippen LogP contribution in [0.15, 0.2) is 0 Å². The molecule has 0 spiro atoms. The fourth-order valence-corrected chi connectivity index (χ4v) is 1.67. The summed E-state index contributed by atoms with van der Waals surface area (Å²) in [7, 11) is -3.86. The fourth-order valence-electron chi connectivity index (χ4n) is 0.910. The van der Waals surface area contributed by atoms with Gasteiger partial charge in [0.25, 0.3) is 0 Å². The van der Waals surface area contributed by atoms with E-state index in [9.17, 15) is 13.2 Å². The molecule has 0 aliphatic carbocycles. The van der Waals surface area contributed by atoms with Gasteiger partial charge in [0.05, 0.1) is 12.7 Å². The number of amides is 1. The van der Waals surface area contributed by atoms with Crippen LogP contribution in [0, 0.1) is 0 Å². The van der Waals surface area contributed by atoms with Gasteiger partial charge in [0.1, 0.15) is 0 Å². The van der Waals surface area contributed by atoms with E-state index in [1.807, 2.05) is 0 Å². The summed E-state index contributed by atoms with van der Waals surface area (Å²) in [6.07, 6.45) is -0.503. The topological polar surface area (TPSA) is 105 Å². The van der Waals surface area contributed by atoms with Crippen LogP contribution >= 0.6 is 0 Å². The predicted octanol–water partition coefficient (Wildman–Crippen LogP) is -0.272. The summed E-state index contributed by atoms with van der Waals surface area (Å²) < 4.78 is 30.6. The summed E-state index contributed by atoms with van der Waals surface area (Å²) in [5.41, 5.74) is 0. The lowest BCUT2D eigenvalue weighted by molar-refractivity contribution is 0.158. The number of carbonyl (C=O) groups is 1. The van der Waals surface area contributed by atoms with Crippen molar-refractivity contribution in [2.24, 2.45) is 0 Å². The number of hydrogen-bond acceptors (Lipinski definition) is 5. The Kier molecular flexibility index (Phi) is 7.02. The highest BCUT2D eigenvalue weighted by molar-refractivity contribution is 7.88. The second kappa shape index (κ2) is 7.42. The van der Waals surface area contributed by atoms with Crippen LogP contribution in [0.1, 0.15) is 26.7 Å². The van der Waals surface area contributed by atoms with E-state index in [0.717, 1.165) is 0 Å². The van der Waals surface area contributed by atoms with Gasteiger partial charge in [-0.25, -0.2) is 9.52 Å². The van der Waals surface area contributed by atoms with E-state index < -0.39 is 22.4 Å². The van der Waals surface area contributed by atoms with E-state index in [2.05, 4.69) is 9.46 Å². The van der Waals surface area contributed by atoms with Crippen molar-refractivity contribution in [2.75, 3.05) is 13.2 Å². The standard InChI is InChI=1S/C8H18N2O5S/c1-3-15-8(12)10-16(13,14)9-6-4-5-7(2)11/h7,9,11H,3-6H2,1-2H3,(H,10,12). The molecule has 0 aliphatic heterocycles. The van der Waals surface area contributed by atoms with Crippen molar-refractivity contribution in [3.05, 3.63) is 0 Å². The number of aliphatic hydroxyl groups excluding tert-OH is 1. The van der Waals surface area contributed by atoms with Crippen molar-refractivity contribution in [1.29, 1.82) is 0 Å². The number of carbonyl (C=O) groups excluding carboxylic acids is 1. The molecule has 7 nitrogen and oxygen atoms in total. The van der Waals surface area contributed by atoms with Crippen LogP contribution in [0.5, 0.6) is 0 Å². The van der Waals surface area contributed by atoms with E-state index >= 15 is 0 Å². The zero-order chi connectivity index (χ0) is 12.6. The zero-order valence-corrected chi connectivity index (χ0v) is 10.2. The van der Waals surface area contributed by atoms with Crippen LogP contribution in [0.25, 0.3) is 0 Å². The summed E-state index contributed by atoms with van der Waals surface area (Å²) in [5, 5.41) is 8.93. The maximum Gasteiger partial charge on any atom is 0.421 e. The molecule has 0 aliphatic rings. The monoisotopic (exact) mass is 254 g/mol. The van der Waals surface area contributed by atoms with Gasteiger partial charge in [0, 0.05) is 6.54 Å². The second-order valence-corrected chi connectivity index (χ2v) is 4.71. The molecule has 0 saturated heterocycles. The average molecular weight is 254 g/mol. The van der Waals surface area contributed by atoms with Crippen LogP contribution in [0.3, 0.4) is 0 Å². The molecule has 0 saturated carbocycles. The SMILES string of the molecule is CCOC(=O)NS(=O)(=O)NCCCC(C)O. The average Bonchev–Trinajstić information content (AvgIpc) is 2.11. The highest BCUT2D eigenvalue weighted by Gasteiger charge is 2.13. The molecular formula is C8H18N2O5S. The summed E-state index contributed by atoms with van der Waals surface area (Å²) >= 11 is 0. The van der Waals surface area contributed by atoms with Gasteiger partial charge in [-0.05, 0) is 26.7 Å². The summed E-state index contributed by atoms with van der Waals surface area (Å²) in [6, 6.07) is 0. The van der Waals surface area contributed by atoms with Crippen LogP contribution in [0.2, 0.25) is 0 Å². The highest BCUT2D eigenvalue weighted by atomic mass is 32.2. The molecule has 1 atom stereocenters. The number of aliphatic hydroxyl groups is 1. The van der Waals surface area contributed by atoms with Crippen molar-refractivity contribution < 1.29 is 23.1 Å². The number of rotatable bonds is 7. The zero-order valence-electron chi connectivity index (χ0n) is 9.39. The molecule has 3 N–H and O–H groups in total. The van der Waals surface area contributed by atoms with E-state index in [-0.39, 0.29) is 13.2 Å². The third-order valence-electron chi connectivity index (χ3n) is 1.58. The minimum Gasteiger partial charge on any atom is -0.449 e. The normalized spacial score (nSPS) is 13.2. The molecular weight excluding hydrogens is 236 g/mol. The molecule has 0 aromatic heterocycles. The van der Waals surface area contributed by atoms with Crippen molar-refractivity contribution in [3.63, 3.8) is 0 Å². The van der Waals surface area contributed by atoms with Crippen molar-refractivity contribution in [2.45, 2.75) is 32.8 Å². The van der Waals surface area contributed by atoms with Gasteiger partial charge in [-0.3, -0.25) is 0 Å². The van der Waals surface area contributed by atoms with Crippen LogP contribution in [-0.2, 0) is 14.9 Å². The molecule has 0 heterocycles. The fraction of sp³-hybridized carbons (Fsp3) is 0.875. The van der Waals surface area contributed by atoms with Gasteiger partial charge in [-0.2, -0.15) is 13.1 Å². The summed E-state index contributed by atoms with van der Waals surface area (Å²) in [4.78, 5) is 10.8. The van der Waals surface area contributed by atoms with Gasteiger partial charge in [-0.1, -0.05) is 0 Å². The molecule has 16 heavy (non-hydrogen) atoms. The van der Waals surface area contributed by atoms with E-state index in [1.165, 1.54) is 0 Å². The van der Waals surface area contributed by atoms with Gasteiger partial charge >= 0.3 is 16.3 Å². The molecule has 0 rings (SSSR count). The molecule has 0 bridgehead atoms. The Bertz CT molecular complexity index is 302. The highest BCUT2D eigenvalue weighted by Crippen LogP contribution is 1.94. The van der Waals surface area contributed by atoms with Gasteiger partial charge < -0.3 is 9.84 Å². The van der Waals surface area contributed by atoms with Crippen molar-refractivity contribution >= 4 is 16.3 Å². The van der Waals surface area contributed by atoms with Crippen LogP contribution < -0.4 is 9.44 Å². The van der Waals surface area contributed by atoms with E-state index in [1.54, 1.807) is 18.6 Å². The van der Waals surface area contributed by atoms with Gasteiger partial charge in [-0.15, -0.1) is 0 Å². The third kappa shape index (κ3) is 8.45. The van der Waals surface area contributed by atoms with E-state index in [0.29, 0.717) is 12.8 Å². The van der Waals surface area contributed by atoms with Crippen molar-refractivity contribution in [1.82, 2.24) is 9.44 Å². The molecule has 0 aromatic rings. The minimum atomic E-state index is -3.86. The molecule has 0 aromatic carbocycles. The molecule has 1 unspecified atom stereocenters. The Morgan fingerprint density at radius 1 is 1.50 bits per heavy atom. The number of hydrogen-bond donors (Lipinski definition) is 3. The lowest BCUT2D eigenvalue weighted by Gasteiger charge is -2.08. The Hall–Kier alpha value is -0.860. The predicted molar refractivity (Wildman–Crippen MR) is 58.0 cm³/mol. The molecule has 1 amide bonds. The minimum absolute atomic E-state index is 0.101. The van der Waals surface area contributed by atoms with Crippen molar-refractivity contribution in [3.8, 4) is 0 Å². The Balaban J connectivity index is 3.83. The van der Waals surface area contributed by atoms with Gasteiger partial charge in [0.2, 0.25) is 0 Å². The largest absolute Gasteiger partial charge is 0.449 e. The Labute approximate surface area is 95.4 Å². The number of nitrogens with one attached hydrogen (secondary N) is 2.